The number of aliphatic carboxylic acids is 1. The molecule has 1 aliphatic heterocycles. The second-order valence-electron chi connectivity index (χ2n) is 7.01. The van der Waals surface area contributed by atoms with E-state index in [0.29, 0.717) is 25.2 Å². The van der Waals surface area contributed by atoms with Crippen LogP contribution >= 0.6 is 0 Å². The molecule has 0 bridgehead atoms. The first-order valence-corrected chi connectivity index (χ1v) is 8.70. The standard InChI is InChI=1S/C21H23N3O2/c1-23(2)20-9-8-15(11-22)10-17(20)12-24-13-18(19(14-24)21(25)26)16-6-4-3-5-7-16/h3-10,18-19H,12-14H2,1-2H3,(H,25,26)/t18-,19+/m1/s1. The van der Waals surface area contributed by atoms with E-state index in [-0.39, 0.29) is 5.92 Å². The Balaban J connectivity index is 1.85. The Morgan fingerprint density at radius 2 is 1.96 bits per heavy atom. The van der Waals surface area contributed by atoms with E-state index in [1.807, 2.05) is 67.5 Å². The van der Waals surface area contributed by atoms with Crippen molar-refractivity contribution in [2.75, 3.05) is 32.1 Å². The van der Waals surface area contributed by atoms with Crippen molar-refractivity contribution < 1.29 is 9.90 Å². The lowest BCUT2D eigenvalue weighted by atomic mass is 9.89. The smallest absolute Gasteiger partial charge is 0.308 e. The van der Waals surface area contributed by atoms with Gasteiger partial charge in [0, 0.05) is 45.3 Å². The number of nitriles is 1. The average Bonchev–Trinajstić information content (AvgIpc) is 3.06. The highest BCUT2D eigenvalue weighted by atomic mass is 16.4. The summed E-state index contributed by atoms with van der Waals surface area (Å²) in [6, 6.07) is 17.7. The van der Waals surface area contributed by atoms with Gasteiger partial charge in [-0.3, -0.25) is 9.69 Å². The Kier molecular flexibility index (Phi) is 5.24. The van der Waals surface area contributed by atoms with E-state index in [0.717, 1.165) is 16.8 Å². The van der Waals surface area contributed by atoms with Gasteiger partial charge in [0.15, 0.2) is 0 Å². The summed E-state index contributed by atoms with van der Waals surface area (Å²) in [5.74, 6) is -1.19. The van der Waals surface area contributed by atoms with Crippen molar-refractivity contribution in [3.8, 4) is 6.07 Å². The second-order valence-corrected chi connectivity index (χ2v) is 7.01. The van der Waals surface area contributed by atoms with Crippen LogP contribution in [-0.2, 0) is 11.3 Å². The van der Waals surface area contributed by atoms with Gasteiger partial charge in [-0.1, -0.05) is 30.3 Å². The first-order chi connectivity index (χ1) is 12.5. The maximum atomic E-state index is 11.8. The number of carboxylic acid groups (broad SMARTS) is 1. The summed E-state index contributed by atoms with van der Waals surface area (Å²) in [4.78, 5) is 16.0. The highest BCUT2D eigenvalue weighted by Crippen LogP contribution is 2.34. The first kappa shape index (κ1) is 18.0. The predicted octanol–water partition coefficient (Wildman–Crippen LogP) is 2.92. The zero-order valence-corrected chi connectivity index (χ0v) is 15.1. The van der Waals surface area contributed by atoms with E-state index in [1.165, 1.54) is 0 Å². The summed E-state index contributed by atoms with van der Waals surface area (Å²) >= 11 is 0. The number of hydrogen-bond acceptors (Lipinski definition) is 4. The zero-order valence-electron chi connectivity index (χ0n) is 15.1. The van der Waals surface area contributed by atoms with Crippen molar-refractivity contribution >= 4 is 11.7 Å². The van der Waals surface area contributed by atoms with Gasteiger partial charge in [-0.25, -0.2) is 0 Å². The van der Waals surface area contributed by atoms with Gasteiger partial charge in [0.2, 0.25) is 0 Å². The third-order valence-corrected chi connectivity index (χ3v) is 5.02. The Morgan fingerprint density at radius 3 is 2.58 bits per heavy atom. The molecule has 5 nitrogen and oxygen atoms in total. The van der Waals surface area contributed by atoms with Gasteiger partial charge in [-0.2, -0.15) is 5.26 Å². The van der Waals surface area contributed by atoms with Crippen LogP contribution in [0.3, 0.4) is 0 Å². The highest BCUT2D eigenvalue weighted by Gasteiger charge is 2.38. The van der Waals surface area contributed by atoms with Gasteiger partial charge in [0.25, 0.3) is 0 Å². The molecule has 0 unspecified atom stereocenters. The van der Waals surface area contributed by atoms with Crippen molar-refractivity contribution in [3.05, 3.63) is 65.2 Å². The molecular formula is C21H23N3O2. The van der Waals surface area contributed by atoms with Crippen LogP contribution in [0.25, 0.3) is 0 Å². The lowest BCUT2D eigenvalue weighted by molar-refractivity contribution is -0.141. The van der Waals surface area contributed by atoms with Gasteiger partial charge < -0.3 is 10.0 Å². The average molecular weight is 349 g/mol. The van der Waals surface area contributed by atoms with E-state index >= 15 is 0 Å². The Hall–Kier alpha value is -2.84. The van der Waals surface area contributed by atoms with Gasteiger partial charge in [0.1, 0.15) is 0 Å². The summed E-state index contributed by atoms with van der Waals surface area (Å²) in [6.07, 6.45) is 0. The van der Waals surface area contributed by atoms with E-state index in [1.54, 1.807) is 0 Å². The molecule has 1 saturated heterocycles. The highest BCUT2D eigenvalue weighted by molar-refractivity contribution is 5.72. The van der Waals surface area contributed by atoms with Gasteiger partial charge in [-0.05, 0) is 29.3 Å². The molecule has 1 fully saturated rings. The minimum Gasteiger partial charge on any atom is -0.481 e. The van der Waals surface area contributed by atoms with E-state index < -0.39 is 11.9 Å². The minimum atomic E-state index is -0.750. The number of rotatable bonds is 5. The van der Waals surface area contributed by atoms with Crippen molar-refractivity contribution in [1.29, 1.82) is 5.26 Å². The third-order valence-electron chi connectivity index (χ3n) is 5.02. The molecule has 0 aromatic heterocycles. The second kappa shape index (κ2) is 7.59. The van der Waals surface area contributed by atoms with Gasteiger partial charge in [0.05, 0.1) is 17.6 Å². The fraction of sp³-hybridized carbons (Fsp3) is 0.333. The Bertz CT molecular complexity index is 827. The molecule has 1 N–H and O–H groups in total. The van der Waals surface area contributed by atoms with Crippen molar-refractivity contribution in [1.82, 2.24) is 4.90 Å². The number of benzene rings is 2. The summed E-state index contributed by atoms with van der Waals surface area (Å²) in [6.45, 7) is 1.85. The molecule has 0 radical (unpaired) electrons. The molecule has 26 heavy (non-hydrogen) atoms. The molecule has 2 aromatic carbocycles. The first-order valence-electron chi connectivity index (χ1n) is 8.70. The third kappa shape index (κ3) is 3.71. The van der Waals surface area contributed by atoms with Crippen LogP contribution < -0.4 is 4.90 Å². The molecule has 0 amide bonds. The van der Waals surface area contributed by atoms with Crippen LogP contribution in [0.4, 0.5) is 5.69 Å². The van der Waals surface area contributed by atoms with Crippen LogP contribution in [0.15, 0.2) is 48.5 Å². The molecule has 3 rings (SSSR count). The molecule has 0 aliphatic carbocycles. The fourth-order valence-electron chi connectivity index (χ4n) is 3.76. The van der Waals surface area contributed by atoms with Crippen molar-refractivity contribution in [2.45, 2.75) is 12.5 Å². The monoisotopic (exact) mass is 349 g/mol. The van der Waals surface area contributed by atoms with Crippen LogP contribution in [-0.4, -0.2) is 43.2 Å². The topological polar surface area (TPSA) is 67.6 Å². The summed E-state index contributed by atoms with van der Waals surface area (Å²) < 4.78 is 0. The predicted molar refractivity (Wildman–Crippen MR) is 101 cm³/mol. The van der Waals surface area contributed by atoms with E-state index in [9.17, 15) is 15.2 Å². The van der Waals surface area contributed by atoms with Crippen LogP contribution in [0.2, 0.25) is 0 Å². The van der Waals surface area contributed by atoms with E-state index in [4.69, 9.17) is 0 Å². The summed E-state index contributed by atoms with van der Waals surface area (Å²) in [7, 11) is 3.95. The van der Waals surface area contributed by atoms with Crippen molar-refractivity contribution in [2.24, 2.45) is 5.92 Å². The number of carbonyl (C=O) groups is 1. The maximum absolute atomic E-state index is 11.8. The molecule has 0 spiro atoms. The molecule has 1 heterocycles. The molecule has 2 aromatic rings. The zero-order chi connectivity index (χ0) is 18.7. The SMILES string of the molecule is CN(C)c1ccc(C#N)cc1CN1C[C@H](C(=O)O)[C@@H](c2ccccc2)C1. The summed E-state index contributed by atoms with van der Waals surface area (Å²) in [5.41, 5.74) is 3.80. The fourth-order valence-corrected chi connectivity index (χ4v) is 3.76. The van der Waals surface area contributed by atoms with Gasteiger partial charge in [-0.15, -0.1) is 0 Å². The lowest BCUT2D eigenvalue weighted by Gasteiger charge is -2.22. The molecule has 5 heteroatoms. The quantitative estimate of drug-likeness (QED) is 0.899. The maximum Gasteiger partial charge on any atom is 0.308 e. The Morgan fingerprint density at radius 1 is 1.23 bits per heavy atom. The van der Waals surface area contributed by atoms with Crippen molar-refractivity contribution in [3.63, 3.8) is 0 Å². The van der Waals surface area contributed by atoms with E-state index in [2.05, 4.69) is 11.0 Å². The largest absolute Gasteiger partial charge is 0.481 e. The van der Waals surface area contributed by atoms with Gasteiger partial charge >= 0.3 is 5.97 Å². The molecule has 0 saturated carbocycles. The normalized spacial score (nSPS) is 19.9. The number of nitrogens with zero attached hydrogens (tertiary/aromatic N) is 3. The Labute approximate surface area is 154 Å². The summed E-state index contributed by atoms with van der Waals surface area (Å²) in [5, 5.41) is 18.9. The number of likely N-dealkylation sites (tertiary alicyclic amines) is 1. The van der Waals surface area contributed by atoms with Crippen LogP contribution in [0.1, 0.15) is 22.6 Å². The number of carboxylic acids is 1. The molecule has 2 atom stereocenters. The molecule has 1 aliphatic rings. The number of anilines is 1. The van der Waals surface area contributed by atoms with Crippen LogP contribution in [0.5, 0.6) is 0 Å². The number of hydrogen-bond donors (Lipinski definition) is 1. The minimum absolute atomic E-state index is 0.0179. The molecular weight excluding hydrogens is 326 g/mol. The molecule has 134 valence electrons. The lowest BCUT2D eigenvalue weighted by Crippen LogP contribution is -2.24. The van der Waals surface area contributed by atoms with Crippen LogP contribution in [0, 0.1) is 17.2 Å².